The molecule has 4 nitrogen and oxygen atoms in total. The standard InChI is InChI=1S/C8H14ClNO3/c1-3-4-7(11)10-5-6(9)8(12)13-2/h6H,3-5H2,1-2H3,(H,10,11). The van der Waals surface area contributed by atoms with Crippen molar-refractivity contribution in [3.63, 3.8) is 0 Å². The summed E-state index contributed by atoms with van der Waals surface area (Å²) in [4.78, 5) is 21.7. The molecule has 0 heterocycles. The summed E-state index contributed by atoms with van der Waals surface area (Å²) >= 11 is 5.59. The molecule has 0 saturated heterocycles. The van der Waals surface area contributed by atoms with Crippen LogP contribution in [0.25, 0.3) is 0 Å². The second-order valence-corrected chi connectivity index (χ2v) is 3.07. The number of carbonyl (C=O) groups is 2. The predicted octanol–water partition coefficient (Wildman–Crippen LogP) is 0.683. The van der Waals surface area contributed by atoms with Crippen LogP contribution in [-0.2, 0) is 14.3 Å². The first kappa shape index (κ1) is 12.2. The molecule has 0 aromatic rings. The van der Waals surface area contributed by atoms with Gasteiger partial charge in [0.1, 0.15) is 5.38 Å². The lowest BCUT2D eigenvalue weighted by molar-refractivity contribution is -0.140. The SMILES string of the molecule is CCCC(=O)NCC(Cl)C(=O)OC. The predicted molar refractivity (Wildman–Crippen MR) is 49.6 cm³/mol. The highest BCUT2D eigenvalue weighted by atomic mass is 35.5. The third-order valence-electron chi connectivity index (χ3n) is 1.41. The summed E-state index contributed by atoms with van der Waals surface area (Å²) in [6.45, 7) is 2.02. The van der Waals surface area contributed by atoms with Gasteiger partial charge in [0, 0.05) is 13.0 Å². The molecular weight excluding hydrogens is 194 g/mol. The maximum Gasteiger partial charge on any atom is 0.325 e. The normalized spacial score (nSPS) is 11.9. The Morgan fingerprint density at radius 2 is 2.15 bits per heavy atom. The molecule has 0 rings (SSSR count). The highest BCUT2D eigenvalue weighted by Crippen LogP contribution is 1.96. The quantitative estimate of drug-likeness (QED) is 0.533. The van der Waals surface area contributed by atoms with E-state index in [1.54, 1.807) is 0 Å². The molecular formula is C8H14ClNO3. The minimum absolute atomic E-state index is 0.1000. The van der Waals surface area contributed by atoms with Gasteiger partial charge in [0.05, 0.1) is 7.11 Å². The van der Waals surface area contributed by atoms with Crippen molar-refractivity contribution in [1.29, 1.82) is 0 Å². The molecule has 0 fully saturated rings. The number of rotatable bonds is 5. The van der Waals surface area contributed by atoms with E-state index < -0.39 is 11.3 Å². The van der Waals surface area contributed by atoms with Crippen LogP contribution in [0, 0.1) is 0 Å². The van der Waals surface area contributed by atoms with Crippen LogP contribution >= 0.6 is 11.6 Å². The summed E-state index contributed by atoms with van der Waals surface area (Å²) in [5, 5.41) is 1.73. The van der Waals surface area contributed by atoms with Crippen LogP contribution in [0.3, 0.4) is 0 Å². The molecule has 1 unspecified atom stereocenters. The van der Waals surface area contributed by atoms with Gasteiger partial charge in [-0.25, -0.2) is 0 Å². The highest BCUT2D eigenvalue weighted by molar-refractivity contribution is 6.30. The molecule has 0 radical (unpaired) electrons. The molecule has 0 aliphatic rings. The van der Waals surface area contributed by atoms with Gasteiger partial charge in [-0.3, -0.25) is 9.59 Å². The Labute approximate surface area is 82.6 Å². The number of hydrogen-bond donors (Lipinski definition) is 1. The van der Waals surface area contributed by atoms with Gasteiger partial charge < -0.3 is 10.1 Å². The molecule has 1 N–H and O–H groups in total. The fourth-order valence-electron chi connectivity index (χ4n) is 0.730. The Balaban J connectivity index is 3.63. The molecule has 13 heavy (non-hydrogen) atoms. The maximum absolute atomic E-state index is 10.9. The van der Waals surface area contributed by atoms with Gasteiger partial charge in [-0.05, 0) is 6.42 Å². The van der Waals surface area contributed by atoms with E-state index in [2.05, 4.69) is 10.1 Å². The van der Waals surface area contributed by atoms with Crippen LogP contribution in [0.1, 0.15) is 19.8 Å². The largest absolute Gasteiger partial charge is 0.468 e. The van der Waals surface area contributed by atoms with Crippen molar-refractivity contribution >= 4 is 23.5 Å². The Morgan fingerprint density at radius 3 is 2.62 bits per heavy atom. The third kappa shape index (κ3) is 5.47. The number of halogens is 1. The van der Waals surface area contributed by atoms with Crippen LogP contribution in [0.2, 0.25) is 0 Å². The molecule has 0 bridgehead atoms. The fourth-order valence-corrected chi connectivity index (χ4v) is 0.896. The molecule has 1 atom stereocenters. The molecule has 5 heteroatoms. The second-order valence-electron chi connectivity index (χ2n) is 2.54. The zero-order chi connectivity index (χ0) is 10.3. The van der Waals surface area contributed by atoms with E-state index in [4.69, 9.17) is 11.6 Å². The lowest BCUT2D eigenvalue weighted by atomic mass is 10.3. The van der Waals surface area contributed by atoms with Crippen molar-refractivity contribution in [2.45, 2.75) is 25.1 Å². The molecule has 1 amide bonds. The van der Waals surface area contributed by atoms with Crippen molar-refractivity contribution in [3.05, 3.63) is 0 Å². The average Bonchev–Trinajstić information content (AvgIpc) is 2.13. The number of nitrogens with one attached hydrogen (secondary N) is 1. The summed E-state index contributed by atoms with van der Waals surface area (Å²) in [6.07, 6.45) is 1.22. The Hall–Kier alpha value is -0.770. The van der Waals surface area contributed by atoms with Crippen LogP contribution in [0.4, 0.5) is 0 Å². The van der Waals surface area contributed by atoms with E-state index in [9.17, 15) is 9.59 Å². The minimum Gasteiger partial charge on any atom is -0.468 e. The minimum atomic E-state index is -0.800. The summed E-state index contributed by atoms with van der Waals surface area (Å²) in [5.74, 6) is -0.629. The Kier molecular flexibility index (Phi) is 6.32. The third-order valence-corrected chi connectivity index (χ3v) is 1.74. The van der Waals surface area contributed by atoms with Crippen molar-refractivity contribution in [3.8, 4) is 0 Å². The van der Waals surface area contributed by atoms with Gasteiger partial charge in [-0.15, -0.1) is 11.6 Å². The first-order valence-corrected chi connectivity index (χ1v) is 4.54. The Bertz CT molecular complexity index is 184. The number of carbonyl (C=O) groups excluding carboxylic acids is 2. The molecule has 0 aromatic carbocycles. The van der Waals surface area contributed by atoms with Crippen LogP contribution in [0.15, 0.2) is 0 Å². The topological polar surface area (TPSA) is 55.4 Å². The van der Waals surface area contributed by atoms with Gasteiger partial charge in [-0.1, -0.05) is 6.92 Å². The van der Waals surface area contributed by atoms with Crippen molar-refractivity contribution in [2.24, 2.45) is 0 Å². The smallest absolute Gasteiger partial charge is 0.325 e. The van der Waals surface area contributed by atoms with E-state index in [0.717, 1.165) is 6.42 Å². The van der Waals surface area contributed by atoms with Gasteiger partial charge in [0.25, 0.3) is 0 Å². The first-order chi connectivity index (χ1) is 6.11. The van der Waals surface area contributed by atoms with E-state index in [0.29, 0.717) is 6.42 Å². The maximum atomic E-state index is 10.9. The second kappa shape index (κ2) is 6.71. The van der Waals surface area contributed by atoms with E-state index in [1.807, 2.05) is 6.92 Å². The molecule has 0 spiro atoms. The van der Waals surface area contributed by atoms with Gasteiger partial charge in [0.2, 0.25) is 5.91 Å². The van der Waals surface area contributed by atoms with Crippen LogP contribution < -0.4 is 5.32 Å². The highest BCUT2D eigenvalue weighted by Gasteiger charge is 2.15. The lowest BCUT2D eigenvalue weighted by Crippen LogP contribution is -2.33. The van der Waals surface area contributed by atoms with Crippen molar-refractivity contribution in [1.82, 2.24) is 5.32 Å². The zero-order valence-corrected chi connectivity index (χ0v) is 8.56. The number of methoxy groups -OCH3 is 1. The number of alkyl halides is 1. The van der Waals surface area contributed by atoms with E-state index in [1.165, 1.54) is 7.11 Å². The molecule has 76 valence electrons. The fraction of sp³-hybridized carbons (Fsp3) is 0.750. The summed E-state index contributed by atoms with van der Waals surface area (Å²) in [7, 11) is 1.26. The Morgan fingerprint density at radius 1 is 1.54 bits per heavy atom. The summed E-state index contributed by atoms with van der Waals surface area (Å²) in [6, 6.07) is 0. The van der Waals surface area contributed by atoms with Crippen molar-refractivity contribution < 1.29 is 14.3 Å². The van der Waals surface area contributed by atoms with E-state index in [-0.39, 0.29) is 12.5 Å². The monoisotopic (exact) mass is 207 g/mol. The summed E-state index contributed by atoms with van der Waals surface area (Å²) < 4.78 is 4.38. The summed E-state index contributed by atoms with van der Waals surface area (Å²) in [5.41, 5.74) is 0. The van der Waals surface area contributed by atoms with Gasteiger partial charge in [-0.2, -0.15) is 0 Å². The molecule has 0 saturated carbocycles. The number of amides is 1. The van der Waals surface area contributed by atoms with Crippen LogP contribution in [-0.4, -0.2) is 30.9 Å². The van der Waals surface area contributed by atoms with Gasteiger partial charge in [0.15, 0.2) is 0 Å². The number of hydrogen-bond acceptors (Lipinski definition) is 3. The first-order valence-electron chi connectivity index (χ1n) is 4.10. The lowest BCUT2D eigenvalue weighted by Gasteiger charge is -2.08. The molecule has 0 aromatic heterocycles. The van der Waals surface area contributed by atoms with Gasteiger partial charge >= 0.3 is 5.97 Å². The molecule has 0 aliphatic heterocycles. The zero-order valence-electron chi connectivity index (χ0n) is 7.80. The molecule has 0 aliphatic carbocycles. The van der Waals surface area contributed by atoms with Crippen molar-refractivity contribution in [2.75, 3.05) is 13.7 Å². The van der Waals surface area contributed by atoms with E-state index >= 15 is 0 Å². The van der Waals surface area contributed by atoms with Crippen LogP contribution in [0.5, 0.6) is 0 Å². The number of esters is 1. The number of ether oxygens (including phenoxy) is 1. The average molecular weight is 208 g/mol.